The first kappa shape index (κ1) is 21.4. The number of aromatic nitrogens is 2. The molecule has 0 fully saturated rings. The number of sulfonamides is 1. The molecule has 4 rings (SSSR count). The number of nitrogens with one attached hydrogen (secondary N) is 2. The highest BCUT2D eigenvalue weighted by molar-refractivity contribution is 7.92. The van der Waals surface area contributed by atoms with Gasteiger partial charge in [0, 0.05) is 10.6 Å². The van der Waals surface area contributed by atoms with E-state index in [1.807, 2.05) is 4.72 Å². The van der Waals surface area contributed by atoms with Crippen molar-refractivity contribution in [3.63, 3.8) is 0 Å². The van der Waals surface area contributed by atoms with E-state index in [1.165, 1.54) is 35.2 Å². The maximum absolute atomic E-state index is 12.8. The number of hydrogen-bond acceptors (Lipinski definition) is 7. The maximum atomic E-state index is 12.8. The second kappa shape index (κ2) is 8.35. The van der Waals surface area contributed by atoms with Crippen molar-refractivity contribution < 1.29 is 13.2 Å². The largest absolute Gasteiger partial charge is 0.333 e. The van der Waals surface area contributed by atoms with Gasteiger partial charge in [-0.15, -0.1) is 24.0 Å². The zero-order valence-corrected chi connectivity index (χ0v) is 18.7. The number of urea groups is 1. The van der Waals surface area contributed by atoms with Crippen molar-refractivity contribution in [2.24, 2.45) is 0 Å². The average molecular weight is 493 g/mol. The van der Waals surface area contributed by atoms with Gasteiger partial charge in [0.25, 0.3) is 15.6 Å². The highest BCUT2D eigenvalue weighted by Crippen LogP contribution is 2.25. The molecule has 0 saturated carbocycles. The summed E-state index contributed by atoms with van der Waals surface area (Å²) < 4.78 is 27.9. The van der Waals surface area contributed by atoms with E-state index in [1.54, 1.807) is 30.3 Å². The molecule has 2 aromatic heterocycles. The van der Waals surface area contributed by atoms with Crippen LogP contribution in [-0.4, -0.2) is 24.0 Å². The third-order valence-corrected chi connectivity index (χ3v) is 7.52. The second-order valence-corrected chi connectivity index (χ2v) is 10.4. The van der Waals surface area contributed by atoms with Crippen LogP contribution in [0.25, 0.3) is 16.6 Å². The monoisotopic (exact) mass is 492 g/mol. The molecule has 8 nitrogen and oxygen atoms in total. The number of thiol groups is 1. The van der Waals surface area contributed by atoms with E-state index in [0.717, 1.165) is 11.3 Å². The van der Waals surface area contributed by atoms with E-state index < -0.39 is 16.1 Å². The Morgan fingerprint density at radius 3 is 2.52 bits per heavy atom. The average Bonchev–Trinajstić information content (AvgIpc) is 3.16. The van der Waals surface area contributed by atoms with E-state index in [-0.39, 0.29) is 9.77 Å². The molecule has 0 unspecified atom stereocenters. The predicted molar refractivity (Wildman–Crippen MR) is 123 cm³/mol. The van der Waals surface area contributed by atoms with Crippen molar-refractivity contribution in [3.05, 3.63) is 75.6 Å². The van der Waals surface area contributed by atoms with Gasteiger partial charge in [-0.3, -0.25) is 9.36 Å². The number of carbonyl (C=O) groups is 1. The number of nitrogens with zero attached hydrogens (tertiary/aromatic N) is 2. The fraction of sp³-hybridized carbons (Fsp3) is 0. The van der Waals surface area contributed by atoms with Gasteiger partial charge in [-0.2, -0.15) is 0 Å². The molecule has 31 heavy (non-hydrogen) atoms. The van der Waals surface area contributed by atoms with Gasteiger partial charge in [-0.1, -0.05) is 11.6 Å². The Morgan fingerprint density at radius 2 is 1.84 bits per heavy atom. The van der Waals surface area contributed by atoms with Crippen LogP contribution in [0.15, 0.2) is 74.8 Å². The smallest absolute Gasteiger partial charge is 0.307 e. The van der Waals surface area contributed by atoms with E-state index in [2.05, 4.69) is 22.9 Å². The zero-order valence-electron chi connectivity index (χ0n) is 15.4. The predicted octanol–water partition coefficient (Wildman–Crippen LogP) is 3.90. The van der Waals surface area contributed by atoms with Crippen molar-refractivity contribution >= 4 is 68.2 Å². The quantitative estimate of drug-likeness (QED) is 0.374. The summed E-state index contributed by atoms with van der Waals surface area (Å²) in [4.78, 5) is 29.8. The molecule has 2 heterocycles. The topological polar surface area (TPSA) is 110 Å². The number of rotatable bonds is 4. The Bertz CT molecular complexity index is 1460. The number of fused-ring (bicyclic) bond motifs is 1. The van der Waals surface area contributed by atoms with Crippen LogP contribution in [0, 0.1) is 0 Å². The van der Waals surface area contributed by atoms with E-state index in [9.17, 15) is 18.0 Å². The summed E-state index contributed by atoms with van der Waals surface area (Å²) in [5.74, 6) is 0. The van der Waals surface area contributed by atoms with Gasteiger partial charge < -0.3 is 5.32 Å². The van der Waals surface area contributed by atoms with E-state index in [4.69, 9.17) is 11.6 Å². The lowest BCUT2D eigenvalue weighted by Gasteiger charge is -2.10. The van der Waals surface area contributed by atoms with Crippen molar-refractivity contribution in [2.75, 3.05) is 5.32 Å². The lowest BCUT2D eigenvalue weighted by atomic mass is 10.2. The number of anilines is 1. The molecule has 4 aromatic rings. The van der Waals surface area contributed by atoms with Crippen LogP contribution in [0.4, 0.5) is 10.5 Å². The summed E-state index contributed by atoms with van der Waals surface area (Å²) >= 11 is 10.8. The molecule has 0 atom stereocenters. The van der Waals surface area contributed by atoms with Gasteiger partial charge in [0.2, 0.25) is 0 Å². The lowest BCUT2D eigenvalue weighted by Crippen LogP contribution is -2.33. The van der Waals surface area contributed by atoms with E-state index >= 15 is 0 Å². The second-order valence-electron chi connectivity index (χ2n) is 6.29. The lowest BCUT2D eigenvalue weighted by molar-refractivity contribution is 0.256. The number of hydrogen-bond donors (Lipinski definition) is 3. The fourth-order valence-electron chi connectivity index (χ4n) is 2.77. The van der Waals surface area contributed by atoms with Crippen molar-refractivity contribution in [1.82, 2.24) is 14.3 Å². The summed E-state index contributed by atoms with van der Waals surface area (Å²) in [6.45, 7) is 0. The van der Waals surface area contributed by atoms with Crippen molar-refractivity contribution in [3.8, 4) is 5.69 Å². The van der Waals surface area contributed by atoms with Crippen LogP contribution in [0.5, 0.6) is 0 Å². The van der Waals surface area contributed by atoms with Crippen LogP contribution in [0.1, 0.15) is 0 Å². The molecule has 0 spiro atoms. The Labute approximate surface area is 191 Å². The minimum absolute atomic E-state index is 0.0736. The number of benzene rings is 2. The third-order valence-electron chi connectivity index (χ3n) is 4.19. The normalized spacial score (nSPS) is 11.4. The molecule has 0 bridgehead atoms. The molecular weight excluding hydrogens is 480 g/mol. The maximum Gasteiger partial charge on any atom is 0.333 e. The first-order valence-electron chi connectivity index (χ1n) is 8.63. The van der Waals surface area contributed by atoms with Crippen molar-refractivity contribution in [1.29, 1.82) is 0 Å². The first-order chi connectivity index (χ1) is 14.7. The summed E-state index contributed by atoms with van der Waals surface area (Å²) in [6.07, 6.45) is 1.41. The van der Waals surface area contributed by atoms with Crippen LogP contribution >= 0.6 is 35.6 Å². The summed E-state index contributed by atoms with van der Waals surface area (Å²) in [7, 11) is -4.03. The molecule has 2 N–H and O–H groups in total. The molecule has 0 radical (unpaired) electrons. The Morgan fingerprint density at radius 1 is 1.10 bits per heavy atom. The Balaban J connectivity index is 1.52. The highest BCUT2D eigenvalue weighted by atomic mass is 35.5. The zero-order chi connectivity index (χ0) is 22.2. The molecule has 0 aliphatic rings. The van der Waals surface area contributed by atoms with Crippen LogP contribution in [0.3, 0.4) is 0 Å². The van der Waals surface area contributed by atoms with Gasteiger partial charge in [-0.25, -0.2) is 22.9 Å². The van der Waals surface area contributed by atoms with Gasteiger partial charge in [0.05, 0.1) is 20.9 Å². The molecule has 12 heteroatoms. The third kappa shape index (κ3) is 4.59. The van der Waals surface area contributed by atoms with Gasteiger partial charge in [0.15, 0.2) is 0 Å². The first-order valence-corrected chi connectivity index (χ1v) is 11.8. The fourth-order valence-corrected chi connectivity index (χ4v) is 5.36. The highest BCUT2D eigenvalue weighted by Gasteiger charge is 2.19. The summed E-state index contributed by atoms with van der Waals surface area (Å²) in [5, 5.41) is 2.86. The van der Waals surface area contributed by atoms with Crippen LogP contribution in [-0.2, 0) is 10.0 Å². The molecule has 0 aliphatic heterocycles. The summed E-state index contributed by atoms with van der Waals surface area (Å²) in [6, 6.07) is 13.2. The van der Waals surface area contributed by atoms with E-state index in [0.29, 0.717) is 31.5 Å². The van der Waals surface area contributed by atoms with Gasteiger partial charge in [-0.05, 0) is 54.6 Å². The molecule has 158 valence electrons. The van der Waals surface area contributed by atoms with Crippen molar-refractivity contribution in [2.45, 2.75) is 9.10 Å². The molecule has 0 saturated heterocycles. The van der Waals surface area contributed by atoms with Gasteiger partial charge >= 0.3 is 6.03 Å². The minimum atomic E-state index is -4.03. The minimum Gasteiger partial charge on any atom is -0.307 e. The summed E-state index contributed by atoms with van der Waals surface area (Å²) in [5.41, 5.74) is 1.15. The van der Waals surface area contributed by atoms with Gasteiger partial charge in [0.1, 0.15) is 10.5 Å². The number of thiophene rings is 1. The Kier molecular flexibility index (Phi) is 5.75. The molecular formula is C19H13ClN4O4S3. The molecule has 2 amide bonds. The molecule has 0 aliphatic carbocycles. The van der Waals surface area contributed by atoms with Crippen LogP contribution < -0.4 is 15.6 Å². The number of carbonyl (C=O) groups excluding carboxylic acids is 1. The number of amides is 2. The standard InChI is InChI=1S/C19H13ClN4O4S3/c20-16-7-8-17(30-16)31(27,28)23-19(26)22-11-1-3-12(4-2-11)24-10-21-15-6-5-13(29)9-14(15)18(24)25/h1-10,29H,(H2,22,23,26). The Hall–Kier alpha value is -2.86. The SMILES string of the molecule is O=C(Nc1ccc(-n2cnc3ccc(S)cc3c2=O)cc1)NS(=O)(=O)c1ccc(Cl)s1. The number of halogens is 1. The molecule has 2 aromatic carbocycles. The van der Waals surface area contributed by atoms with Crippen LogP contribution in [0.2, 0.25) is 4.34 Å².